The molecule has 0 aliphatic carbocycles. The molecule has 5 nitrogen and oxygen atoms in total. The van der Waals surface area contributed by atoms with Gasteiger partial charge >= 0.3 is 5.97 Å². The molecule has 0 spiro atoms. The standard InChI is InChI=1S/C10H10O5S/c1-7-2-4-8(5-3-7)16(14,15)6-9(11)10(12)13/h2-5H,6H2,1H3,(H,12,13). The fourth-order valence-electron chi connectivity index (χ4n) is 1.06. The molecular formula is C10H10O5S. The van der Waals surface area contributed by atoms with Gasteiger partial charge in [0.2, 0.25) is 0 Å². The number of aliphatic carboxylic acids is 1. The third kappa shape index (κ3) is 2.90. The molecule has 0 fully saturated rings. The number of ketones is 1. The van der Waals surface area contributed by atoms with Crippen LogP contribution in [0.25, 0.3) is 0 Å². The van der Waals surface area contributed by atoms with Crippen LogP contribution >= 0.6 is 0 Å². The predicted octanol–water partition coefficient (Wildman–Crippen LogP) is 0.422. The van der Waals surface area contributed by atoms with Crippen molar-refractivity contribution in [2.24, 2.45) is 0 Å². The second-order valence-corrected chi connectivity index (χ2v) is 5.29. The highest BCUT2D eigenvalue weighted by molar-refractivity contribution is 7.92. The van der Waals surface area contributed by atoms with Crippen molar-refractivity contribution in [3.8, 4) is 0 Å². The molecule has 0 atom stereocenters. The van der Waals surface area contributed by atoms with E-state index in [1.807, 2.05) is 0 Å². The highest BCUT2D eigenvalue weighted by atomic mass is 32.2. The molecule has 0 aromatic heterocycles. The largest absolute Gasteiger partial charge is 0.475 e. The Morgan fingerprint density at radius 3 is 2.12 bits per heavy atom. The average molecular weight is 242 g/mol. The summed E-state index contributed by atoms with van der Waals surface area (Å²) in [5.41, 5.74) is 0.878. The molecule has 0 saturated carbocycles. The first-order valence-electron chi connectivity index (χ1n) is 4.38. The van der Waals surface area contributed by atoms with Crippen molar-refractivity contribution in [1.29, 1.82) is 0 Å². The molecule has 0 saturated heterocycles. The molecule has 0 radical (unpaired) electrons. The Balaban J connectivity index is 2.99. The van der Waals surface area contributed by atoms with E-state index in [4.69, 9.17) is 5.11 Å². The Hall–Kier alpha value is -1.69. The SMILES string of the molecule is Cc1ccc(S(=O)(=O)CC(=O)C(=O)O)cc1. The first-order valence-corrected chi connectivity index (χ1v) is 6.04. The number of hydrogen-bond donors (Lipinski definition) is 1. The van der Waals surface area contributed by atoms with Gasteiger partial charge in [-0.3, -0.25) is 4.79 Å². The van der Waals surface area contributed by atoms with Gasteiger partial charge in [0, 0.05) is 0 Å². The number of carboxylic acids is 1. The predicted molar refractivity (Wildman–Crippen MR) is 55.9 cm³/mol. The Bertz CT molecular complexity index is 513. The second-order valence-electron chi connectivity index (χ2n) is 3.30. The summed E-state index contributed by atoms with van der Waals surface area (Å²) in [5, 5.41) is 8.32. The quantitative estimate of drug-likeness (QED) is 0.773. The molecule has 0 aliphatic rings. The third-order valence-corrected chi connectivity index (χ3v) is 3.57. The van der Waals surface area contributed by atoms with Gasteiger partial charge in [-0.05, 0) is 19.1 Å². The first kappa shape index (κ1) is 12.4. The maximum absolute atomic E-state index is 11.6. The van der Waals surface area contributed by atoms with E-state index in [1.54, 1.807) is 19.1 Å². The molecule has 6 heteroatoms. The zero-order valence-electron chi connectivity index (χ0n) is 8.50. The van der Waals surface area contributed by atoms with Crippen LogP contribution in [0.15, 0.2) is 29.2 Å². The van der Waals surface area contributed by atoms with Crippen LogP contribution < -0.4 is 0 Å². The lowest BCUT2D eigenvalue weighted by Gasteiger charge is -2.02. The summed E-state index contributed by atoms with van der Waals surface area (Å²) in [6, 6.07) is 5.86. The van der Waals surface area contributed by atoms with E-state index >= 15 is 0 Å². The average Bonchev–Trinajstić information content (AvgIpc) is 2.17. The van der Waals surface area contributed by atoms with Crippen molar-refractivity contribution in [2.75, 3.05) is 5.75 Å². The van der Waals surface area contributed by atoms with Crippen LogP contribution in [-0.4, -0.2) is 31.0 Å². The van der Waals surface area contributed by atoms with E-state index in [9.17, 15) is 18.0 Å². The fourth-order valence-corrected chi connectivity index (χ4v) is 2.25. The highest BCUT2D eigenvalue weighted by Crippen LogP contribution is 2.12. The molecule has 16 heavy (non-hydrogen) atoms. The van der Waals surface area contributed by atoms with Crippen LogP contribution in [0, 0.1) is 6.92 Å². The zero-order chi connectivity index (χ0) is 12.3. The normalized spacial score (nSPS) is 11.1. The number of aryl methyl sites for hydroxylation is 1. The van der Waals surface area contributed by atoms with Crippen molar-refractivity contribution in [2.45, 2.75) is 11.8 Å². The van der Waals surface area contributed by atoms with Gasteiger partial charge in [-0.15, -0.1) is 0 Å². The maximum Gasteiger partial charge on any atom is 0.373 e. The summed E-state index contributed by atoms with van der Waals surface area (Å²) in [6.07, 6.45) is 0. The fraction of sp³-hybridized carbons (Fsp3) is 0.200. The number of benzene rings is 1. The minimum absolute atomic E-state index is 0.0484. The van der Waals surface area contributed by atoms with Gasteiger partial charge in [0.1, 0.15) is 5.75 Å². The van der Waals surface area contributed by atoms with Gasteiger partial charge in [0.15, 0.2) is 9.84 Å². The van der Waals surface area contributed by atoms with E-state index in [1.165, 1.54) is 12.1 Å². The van der Waals surface area contributed by atoms with Gasteiger partial charge in [-0.25, -0.2) is 13.2 Å². The number of carboxylic acid groups (broad SMARTS) is 1. The third-order valence-electron chi connectivity index (χ3n) is 1.94. The Morgan fingerprint density at radius 2 is 1.69 bits per heavy atom. The number of carbonyl (C=O) groups excluding carboxylic acids is 1. The van der Waals surface area contributed by atoms with Crippen LogP contribution in [0.5, 0.6) is 0 Å². The molecule has 86 valence electrons. The Kier molecular flexibility index (Phi) is 3.44. The van der Waals surface area contributed by atoms with E-state index < -0.39 is 27.3 Å². The summed E-state index contributed by atoms with van der Waals surface area (Å²) in [4.78, 5) is 21.0. The molecular weight excluding hydrogens is 232 g/mol. The topological polar surface area (TPSA) is 88.5 Å². The molecule has 1 aromatic carbocycles. The highest BCUT2D eigenvalue weighted by Gasteiger charge is 2.23. The number of Topliss-reactive ketones (excluding diaryl/α,β-unsaturated/α-hetero) is 1. The van der Waals surface area contributed by atoms with Crippen molar-refractivity contribution >= 4 is 21.6 Å². The molecule has 0 aliphatic heterocycles. The number of carbonyl (C=O) groups is 2. The van der Waals surface area contributed by atoms with E-state index in [0.717, 1.165) is 5.56 Å². The smallest absolute Gasteiger partial charge is 0.373 e. The van der Waals surface area contributed by atoms with Crippen molar-refractivity contribution in [3.05, 3.63) is 29.8 Å². The van der Waals surface area contributed by atoms with Crippen LogP contribution in [0.4, 0.5) is 0 Å². The van der Waals surface area contributed by atoms with Gasteiger partial charge in [0.05, 0.1) is 4.90 Å². The molecule has 1 aromatic rings. The summed E-state index contributed by atoms with van der Waals surface area (Å²) < 4.78 is 23.1. The molecule has 1 N–H and O–H groups in total. The minimum Gasteiger partial charge on any atom is -0.475 e. The van der Waals surface area contributed by atoms with E-state index in [0.29, 0.717) is 0 Å². The Labute approximate surface area is 92.6 Å². The monoisotopic (exact) mass is 242 g/mol. The molecule has 0 bridgehead atoms. The van der Waals surface area contributed by atoms with Gasteiger partial charge < -0.3 is 5.11 Å². The lowest BCUT2D eigenvalue weighted by Crippen LogP contribution is -2.23. The van der Waals surface area contributed by atoms with Crippen molar-refractivity contribution in [3.63, 3.8) is 0 Å². The van der Waals surface area contributed by atoms with Gasteiger partial charge in [-0.2, -0.15) is 0 Å². The lowest BCUT2D eigenvalue weighted by atomic mass is 10.2. The second kappa shape index (κ2) is 4.44. The summed E-state index contributed by atoms with van der Waals surface area (Å²) in [5.74, 6) is -4.08. The Morgan fingerprint density at radius 1 is 1.19 bits per heavy atom. The summed E-state index contributed by atoms with van der Waals surface area (Å²) in [7, 11) is -3.85. The zero-order valence-corrected chi connectivity index (χ0v) is 9.32. The van der Waals surface area contributed by atoms with Gasteiger partial charge in [0.25, 0.3) is 5.78 Å². The summed E-state index contributed by atoms with van der Waals surface area (Å²) >= 11 is 0. The maximum atomic E-state index is 11.6. The van der Waals surface area contributed by atoms with Gasteiger partial charge in [-0.1, -0.05) is 17.7 Å². The molecule has 0 heterocycles. The van der Waals surface area contributed by atoms with Crippen LogP contribution in [0.2, 0.25) is 0 Å². The lowest BCUT2D eigenvalue weighted by molar-refractivity contribution is -0.147. The minimum atomic E-state index is -3.85. The number of sulfone groups is 1. The van der Waals surface area contributed by atoms with Crippen LogP contribution in [0.1, 0.15) is 5.56 Å². The van der Waals surface area contributed by atoms with Crippen LogP contribution in [-0.2, 0) is 19.4 Å². The molecule has 1 rings (SSSR count). The summed E-state index contributed by atoms with van der Waals surface area (Å²) in [6.45, 7) is 1.79. The van der Waals surface area contributed by atoms with E-state index in [2.05, 4.69) is 0 Å². The van der Waals surface area contributed by atoms with Crippen LogP contribution in [0.3, 0.4) is 0 Å². The van der Waals surface area contributed by atoms with Crippen molar-refractivity contribution in [1.82, 2.24) is 0 Å². The number of rotatable bonds is 4. The molecule has 0 unspecified atom stereocenters. The first-order chi connectivity index (χ1) is 7.33. The number of hydrogen-bond acceptors (Lipinski definition) is 4. The molecule has 0 amide bonds. The van der Waals surface area contributed by atoms with Crippen molar-refractivity contribution < 1.29 is 23.1 Å². The van der Waals surface area contributed by atoms with E-state index in [-0.39, 0.29) is 4.90 Å².